The predicted octanol–water partition coefficient (Wildman–Crippen LogP) is 14.8. The summed E-state index contributed by atoms with van der Waals surface area (Å²) in [5.74, 6) is -0.556. The van der Waals surface area contributed by atoms with Crippen molar-refractivity contribution in [3.63, 3.8) is 0 Å². The fourth-order valence-electron chi connectivity index (χ4n) is 5.93. The van der Waals surface area contributed by atoms with Gasteiger partial charge in [-0.2, -0.15) is 0 Å². The normalized spacial score (nSPS) is 12.9. The number of rotatable bonds is 40. The van der Waals surface area contributed by atoms with Crippen LogP contribution in [0.1, 0.15) is 201 Å². The highest BCUT2D eigenvalue weighted by Gasteiger charge is 2.17. The molecule has 0 radical (unpaired) electrons. The van der Waals surface area contributed by atoms with Crippen LogP contribution in [0.5, 0.6) is 0 Å². The lowest BCUT2D eigenvalue weighted by Crippen LogP contribution is -2.30. The molecule has 0 aromatic heterocycles. The van der Waals surface area contributed by atoms with Gasteiger partial charge in [0.2, 0.25) is 0 Å². The monoisotopic (exact) mass is 753 g/mol. The Bertz CT molecular complexity index is 988. The smallest absolute Gasteiger partial charge is 0.309 e. The highest BCUT2D eigenvalue weighted by Crippen LogP contribution is 2.12. The number of carbonyl (C=O) groups excluding carboxylic acids is 2. The minimum atomic E-state index is -0.577. The first kappa shape index (κ1) is 51.3. The summed E-state index contributed by atoms with van der Waals surface area (Å²) in [7, 11) is 0. The van der Waals surface area contributed by atoms with Crippen molar-refractivity contribution in [1.82, 2.24) is 0 Å². The van der Waals surface area contributed by atoms with Gasteiger partial charge in [0.05, 0.1) is 13.0 Å². The lowest BCUT2D eigenvalue weighted by Gasteiger charge is -2.18. The zero-order valence-electron chi connectivity index (χ0n) is 35.5. The molecule has 0 aliphatic carbocycles. The molecule has 5 nitrogen and oxygen atoms in total. The summed E-state index contributed by atoms with van der Waals surface area (Å²) in [6.07, 6.45) is 56.4. The van der Waals surface area contributed by atoms with Crippen molar-refractivity contribution in [2.24, 2.45) is 0 Å². The Hall–Kier alpha value is -2.66. The third kappa shape index (κ3) is 42.1. The number of allylic oxidation sites excluding steroid dienone is 11. The Balaban J connectivity index is 4.35. The van der Waals surface area contributed by atoms with Crippen LogP contribution < -0.4 is 0 Å². The van der Waals surface area contributed by atoms with Gasteiger partial charge in [-0.05, 0) is 70.6 Å². The minimum Gasteiger partial charge on any atom is -0.461 e. The van der Waals surface area contributed by atoms with Gasteiger partial charge in [-0.25, -0.2) is 0 Å². The topological polar surface area (TPSA) is 61.8 Å². The van der Waals surface area contributed by atoms with Crippen molar-refractivity contribution in [1.29, 1.82) is 0 Å². The molecule has 1 unspecified atom stereocenters. The molecule has 0 bridgehead atoms. The number of esters is 2. The lowest BCUT2D eigenvalue weighted by atomic mass is 10.1. The average Bonchev–Trinajstić information content (AvgIpc) is 3.17. The number of ether oxygens (including phenoxy) is 3. The molecule has 0 N–H and O–H groups in total. The second-order valence-electron chi connectivity index (χ2n) is 14.6. The third-order valence-corrected chi connectivity index (χ3v) is 9.26. The van der Waals surface area contributed by atoms with Crippen LogP contribution in [0.15, 0.2) is 72.9 Å². The lowest BCUT2D eigenvalue weighted by molar-refractivity contribution is -0.162. The summed E-state index contributed by atoms with van der Waals surface area (Å²) >= 11 is 0. The molecule has 0 saturated heterocycles. The standard InChI is InChI=1S/C49H84O5/c1-4-7-10-13-16-19-21-23-25-27-29-31-33-36-39-42-48(50)53-46-47(45-52-44-41-38-35-18-15-12-9-6-3)54-49(51)43-40-37-34-32-30-28-26-24-22-20-17-14-11-8-5-2/h7,10,16,19,23-26,29,31,36,39,47H,4-6,8-9,11-15,17-18,20-22,27-28,30,32-35,37-38,40-46H2,1-3H3/b10-7-,19-16-,25-23-,26-24-,31-29-,39-36-. The van der Waals surface area contributed by atoms with Crippen molar-refractivity contribution < 1.29 is 23.8 Å². The van der Waals surface area contributed by atoms with E-state index >= 15 is 0 Å². The Morgan fingerprint density at radius 1 is 0.444 bits per heavy atom. The van der Waals surface area contributed by atoms with Crippen molar-refractivity contribution in [2.45, 2.75) is 207 Å². The molecule has 54 heavy (non-hydrogen) atoms. The van der Waals surface area contributed by atoms with Crippen LogP contribution in [0.2, 0.25) is 0 Å². The molecule has 5 heteroatoms. The van der Waals surface area contributed by atoms with Gasteiger partial charge in [0.15, 0.2) is 6.10 Å². The maximum atomic E-state index is 12.7. The summed E-state index contributed by atoms with van der Waals surface area (Å²) in [6.45, 7) is 7.57. The molecule has 310 valence electrons. The van der Waals surface area contributed by atoms with E-state index in [1.807, 2.05) is 12.2 Å². The van der Waals surface area contributed by atoms with Gasteiger partial charge < -0.3 is 14.2 Å². The maximum Gasteiger partial charge on any atom is 0.309 e. The second kappa shape index (κ2) is 44.7. The molecular weight excluding hydrogens is 669 g/mol. The molecule has 0 aliphatic heterocycles. The molecule has 0 amide bonds. The Labute approximate surface area is 334 Å². The summed E-state index contributed by atoms with van der Waals surface area (Å²) in [5, 5.41) is 0. The molecule has 0 rings (SSSR count). The maximum absolute atomic E-state index is 12.7. The average molecular weight is 753 g/mol. The molecule has 0 spiro atoms. The summed E-state index contributed by atoms with van der Waals surface area (Å²) in [4.78, 5) is 25.1. The zero-order chi connectivity index (χ0) is 39.3. The molecule has 0 aliphatic rings. The van der Waals surface area contributed by atoms with E-state index in [4.69, 9.17) is 14.2 Å². The Morgan fingerprint density at radius 3 is 1.41 bits per heavy atom. The SMILES string of the molecule is CC/C=C\C/C=C\C/C=C\C/C=C\C/C=C\CC(=O)OCC(COCCCCCCCCCC)OC(=O)CCCCCCC/C=C\CCCCCCCC. The van der Waals surface area contributed by atoms with Gasteiger partial charge in [-0.1, -0.05) is 190 Å². The largest absolute Gasteiger partial charge is 0.461 e. The van der Waals surface area contributed by atoms with E-state index in [2.05, 4.69) is 81.5 Å². The number of unbranched alkanes of at least 4 members (excludes halogenated alkanes) is 18. The van der Waals surface area contributed by atoms with Gasteiger partial charge in [-0.3, -0.25) is 9.59 Å². The van der Waals surface area contributed by atoms with Crippen LogP contribution in [0.4, 0.5) is 0 Å². The summed E-state index contributed by atoms with van der Waals surface area (Å²) < 4.78 is 17.1. The molecule has 1 atom stereocenters. The van der Waals surface area contributed by atoms with Gasteiger partial charge in [0.1, 0.15) is 6.61 Å². The number of carbonyl (C=O) groups is 2. The molecule has 0 aromatic rings. The van der Waals surface area contributed by atoms with Crippen LogP contribution in [0.25, 0.3) is 0 Å². The zero-order valence-corrected chi connectivity index (χ0v) is 35.5. The minimum absolute atomic E-state index is 0.0269. The van der Waals surface area contributed by atoms with Gasteiger partial charge in [-0.15, -0.1) is 0 Å². The first-order valence-corrected chi connectivity index (χ1v) is 22.5. The second-order valence-corrected chi connectivity index (χ2v) is 14.6. The molecule has 0 aromatic carbocycles. The highest BCUT2D eigenvalue weighted by molar-refractivity contribution is 5.71. The van der Waals surface area contributed by atoms with Gasteiger partial charge in [0.25, 0.3) is 0 Å². The predicted molar refractivity (Wildman–Crippen MR) is 233 cm³/mol. The Kier molecular flexibility index (Phi) is 42.5. The Morgan fingerprint density at radius 2 is 0.889 bits per heavy atom. The van der Waals surface area contributed by atoms with Crippen LogP contribution in [0.3, 0.4) is 0 Å². The third-order valence-electron chi connectivity index (χ3n) is 9.26. The van der Waals surface area contributed by atoms with E-state index in [1.54, 1.807) is 0 Å². The van der Waals surface area contributed by atoms with Crippen LogP contribution in [-0.4, -0.2) is 37.9 Å². The first-order chi connectivity index (χ1) is 26.6. The number of hydrogen-bond donors (Lipinski definition) is 0. The molecule has 0 saturated carbocycles. The first-order valence-electron chi connectivity index (χ1n) is 22.5. The fourth-order valence-corrected chi connectivity index (χ4v) is 5.93. The van der Waals surface area contributed by atoms with E-state index in [0.29, 0.717) is 13.0 Å². The van der Waals surface area contributed by atoms with Gasteiger partial charge in [0, 0.05) is 13.0 Å². The molecule has 0 heterocycles. The van der Waals surface area contributed by atoms with E-state index in [9.17, 15) is 9.59 Å². The summed E-state index contributed by atoms with van der Waals surface area (Å²) in [5.41, 5.74) is 0. The van der Waals surface area contributed by atoms with E-state index in [0.717, 1.165) is 70.6 Å². The fraction of sp³-hybridized carbons (Fsp3) is 0.714. The van der Waals surface area contributed by atoms with E-state index in [1.165, 1.54) is 96.3 Å². The van der Waals surface area contributed by atoms with Gasteiger partial charge >= 0.3 is 11.9 Å². The molecule has 0 fully saturated rings. The van der Waals surface area contributed by atoms with E-state index < -0.39 is 6.10 Å². The van der Waals surface area contributed by atoms with Crippen LogP contribution in [-0.2, 0) is 23.8 Å². The van der Waals surface area contributed by atoms with Crippen molar-refractivity contribution in [2.75, 3.05) is 19.8 Å². The van der Waals surface area contributed by atoms with Crippen molar-refractivity contribution in [3.05, 3.63) is 72.9 Å². The quantitative estimate of drug-likeness (QED) is 0.0354. The van der Waals surface area contributed by atoms with Crippen molar-refractivity contribution in [3.8, 4) is 0 Å². The van der Waals surface area contributed by atoms with Crippen LogP contribution in [0, 0.1) is 0 Å². The summed E-state index contributed by atoms with van der Waals surface area (Å²) in [6, 6.07) is 0. The highest BCUT2D eigenvalue weighted by atomic mass is 16.6. The number of hydrogen-bond acceptors (Lipinski definition) is 5. The molecular formula is C49H84O5. The van der Waals surface area contributed by atoms with Crippen LogP contribution >= 0.6 is 0 Å². The van der Waals surface area contributed by atoms with E-state index in [-0.39, 0.29) is 31.6 Å². The van der Waals surface area contributed by atoms with Crippen molar-refractivity contribution >= 4 is 11.9 Å².